The van der Waals surface area contributed by atoms with Gasteiger partial charge in [-0.05, 0) is 19.3 Å². The predicted octanol–water partition coefficient (Wildman–Crippen LogP) is 0.479. The number of rotatable bonds is 2. The molecule has 0 aromatic carbocycles. The standard InChI is InChI=1S/C9H15NO3.ClH/c1-12-7(11)8-2-3-9(4-8,5-10)13-6-8;/h2-6,10H2,1H3;1H. The smallest absolute Gasteiger partial charge is 0.314 e. The fraction of sp³-hybridized carbons (Fsp3) is 0.889. The monoisotopic (exact) mass is 221 g/mol. The summed E-state index contributed by atoms with van der Waals surface area (Å²) in [6.07, 6.45) is 2.48. The van der Waals surface area contributed by atoms with E-state index in [1.54, 1.807) is 0 Å². The van der Waals surface area contributed by atoms with E-state index in [1.807, 2.05) is 0 Å². The summed E-state index contributed by atoms with van der Waals surface area (Å²) in [4.78, 5) is 11.5. The lowest BCUT2D eigenvalue weighted by atomic mass is 9.88. The lowest BCUT2D eigenvalue weighted by Crippen LogP contribution is -2.36. The van der Waals surface area contributed by atoms with Gasteiger partial charge in [-0.15, -0.1) is 12.4 Å². The number of esters is 1. The lowest BCUT2D eigenvalue weighted by molar-refractivity contribution is -0.154. The van der Waals surface area contributed by atoms with Gasteiger partial charge in [0.1, 0.15) is 0 Å². The molecular formula is C9H16ClNO3. The highest BCUT2D eigenvalue weighted by molar-refractivity contribution is 5.85. The summed E-state index contributed by atoms with van der Waals surface area (Å²) in [6, 6.07) is 0. The van der Waals surface area contributed by atoms with Gasteiger partial charge in [0.15, 0.2) is 0 Å². The minimum atomic E-state index is -0.381. The molecule has 2 bridgehead atoms. The highest BCUT2D eigenvalue weighted by Gasteiger charge is 2.59. The summed E-state index contributed by atoms with van der Waals surface area (Å²) in [5.74, 6) is -0.139. The molecule has 1 saturated carbocycles. The van der Waals surface area contributed by atoms with E-state index in [1.165, 1.54) is 7.11 Å². The van der Waals surface area contributed by atoms with Crippen LogP contribution in [0.5, 0.6) is 0 Å². The number of carbonyl (C=O) groups excluding carboxylic acids is 1. The highest BCUT2D eigenvalue weighted by atomic mass is 35.5. The second-order valence-electron chi connectivity index (χ2n) is 4.12. The Hall–Kier alpha value is -0.320. The third-order valence-corrected chi connectivity index (χ3v) is 3.36. The molecule has 82 valence electrons. The van der Waals surface area contributed by atoms with Crippen molar-refractivity contribution in [2.75, 3.05) is 20.3 Å². The highest BCUT2D eigenvalue weighted by Crippen LogP contribution is 2.52. The molecule has 2 unspecified atom stereocenters. The molecule has 14 heavy (non-hydrogen) atoms. The van der Waals surface area contributed by atoms with Gasteiger partial charge in [0.2, 0.25) is 0 Å². The molecule has 2 N–H and O–H groups in total. The number of nitrogens with two attached hydrogens (primary N) is 1. The van der Waals surface area contributed by atoms with E-state index < -0.39 is 0 Å². The summed E-state index contributed by atoms with van der Waals surface area (Å²) in [5.41, 5.74) is 5.02. The van der Waals surface area contributed by atoms with Crippen molar-refractivity contribution >= 4 is 18.4 Å². The largest absolute Gasteiger partial charge is 0.469 e. The first-order chi connectivity index (χ1) is 6.16. The van der Waals surface area contributed by atoms with Crippen molar-refractivity contribution < 1.29 is 14.3 Å². The van der Waals surface area contributed by atoms with Gasteiger partial charge < -0.3 is 15.2 Å². The van der Waals surface area contributed by atoms with E-state index in [0.29, 0.717) is 13.2 Å². The molecule has 2 atom stereocenters. The Balaban J connectivity index is 0.000000980. The van der Waals surface area contributed by atoms with Crippen molar-refractivity contribution in [3.05, 3.63) is 0 Å². The third-order valence-electron chi connectivity index (χ3n) is 3.36. The Morgan fingerprint density at radius 3 is 2.64 bits per heavy atom. The molecule has 1 heterocycles. The molecule has 5 heteroatoms. The maximum Gasteiger partial charge on any atom is 0.314 e. The van der Waals surface area contributed by atoms with Gasteiger partial charge in [0.25, 0.3) is 0 Å². The average Bonchev–Trinajstić information content (AvgIpc) is 2.74. The third kappa shape index (κ3) is 1.42. The van der Waals surface area contributed by atoms with Gasteiger partial charge in [-0.1, -0.05) is 0 Å². The molecule has 0 spiro atoms. The molecule has 1 saturated heterocycles. The summed E-state index contributed by atoms with van der Waals surface area (Å²) < 4.78 is 10.4. The van der Waals surface area contributed by atoms with Crippen LogP contribution in [0.25, 0.3) is 0 Å². The fourth-order valence-corrected chi connectivity index (χ4v) is 2.48. The van der Waals surface area contributed by atoms with Crippen LogP contribution >= 0.6 is 12.4 Å². The van der Waals surface area contributed by atoms with Crippen LogP contribution in [0.1, 0.15) is 19.3 Å². The van der Waals surface area contributed by atoms with Gasteiger partial charge in [0, 0.05) is 6.54 Å². The minimum absolute atomic E-state index is 0. The van der Waals surface area contributed by atoms with Crippen LogP contribution in [0, 0.1) is 5.41 Å². The molecule has 2 fully saturated rings. The van der Waals surface area contributed by atoms with Crippen LogP contribution in [-0.2, 0) is 14.3 Å². The average molecular weight is 222 g/mol. The summed E-state index contributed by atoms with van der Waals surface area (Å²) in [7, 11) is 1.43. The van der Waals surface area contributed by atoms with Crippen LogP contribution in [0.15, 0.2) is 0 Å². The molecule has 1 aliphatic heterocycles. The first-order valence-electron chi connectivity index (χ1n) is 4.59. The zero-order valence-corrected chi connectivity index (χ0v) is 9.06. The van der Waals surface area contributed by atoms with Crippen molar-refractivity contribution in [2.24, 2.45) is 11.1 Å². The molecule has 1 aliphatic carbocycles. The molecule has 0 amide bonds. The lowest BCUT2D eigenvalue weighted by Gasteiger charge is -2.25. The Labute approximate surface area is 89.5 Å². The number of carbonyl (C=O) groups is 1. The first-order valence-corrected chi connectivity index (χ1v) is 4.59. The number of ether oxygens (including phenoxy) is 2. The van der Waals surface area contributed by atoms with E-state index in [4.69, 9.17) is 15.2 Å². The SMILES string of the molecule is COC(=O)C12CCC(CN)(C1)OC2.Cl. The van der Waals surface area contributed by atoms with Gasteiger partial charge in [0.05, 0.1) is 24.7 Å². The van der Waals surface area contributed by atoms with E-state index in [-0.39, 0.29) is 29.4 Å². The number of fused-ring (bicyclic) bond motifs is 2. The quantitative estimate of drug-likeness (QED) is 0.689. The summed E-state index contributed by atoms with van der Waals surface area (Å²) >= 11 is 0. The second kappa shape index (κ2) is 3.68. The molecule has 4 nitrogen and oxygen atoms in total. The van der Waals surface area contributed by atoms with E-state index in [9.17, 15) is 4.79 Å². The normalized spacial score (nSPS) is 39.3. The van der Waals surface area contributed by atoms with Gasteiger partial charge in [-0.25, -0.2) is 0 Å². The Morgan fingerprint density at radius 2 is 2.29 bits per heavy atom. The van der Waals surface area contributed by atoms with Crippen LogP contribution in [0.3, 0.4) is 0 Å². The number of methoxy groups -OCH3 is 1. The van der Waals surface area contributed by atoms with E-state index in [2.05, 4.69) is 0 Å². The number of hydrogen-bond donors (Lipinski definition) is 1. The molecule has 2 rings (SSSR count). The molecule has 0 aromatic rings. The van der Waals surface area contributed by atoms with Crippen LogP contribution in [0.4, 0.5) is 0 Å². The molecular weight excluding hydrogens is 206 g/mol. The Morgan fingerprint density at radius 1 is 1.57 bits per heavy atom. The maximum atomic E-state index is 11.5. The van der Waals surface area contributed by atoms with Crippen LogP contribution in [-0.4, -0.2) is 31.8 Å². The first kappa shape index (κ1) is 11.8. The van der Waals surface area contributed by atoms with Crippen molar-refractivity contribution in [2.45, 2.75) is 24.9 Å². The van der Waals surface area contributed by atoms with Gasteiger partial charge >= 0.3 is 5.97 Å². The second-order valence-corrected chi connectivity index (χ2v) is 4.12. The summed E-state index contributed by atoms with van der Waals surface area (Å²) in [6.45, 7) is 0.989. The maximum absolute atomic E-state index is 11.5. The van der Waals surface area contributed by atoms with Crippen molar-refractivity contribution in [1.29, 1.82) is 0 Å². The minimum Gasteiger partial charge on any atom is -0.469 e. The fourth-order valence-electron chi connectivity index (χ4n) is 2.48. The van der Waals surface area contributed by atoms with E-state index in [0.717, 1.165) is 19.3 Å². The summed E-state index contributed by atoms with van der Waals surface area (Å²) in [5, 5.41) is 0. The topological polar surface area (TPSA) is 61.5 Å². The van der Waals surface area contributed by atoms with Gasteiger partial charge in [-0.2, -0.15) is 0 Å². The van der Waals surface area contributed by atoms with Crippen molar-refractivity contribution in [3.8, 4) is 0 Å². The van der Waals surface area contributed by atoms with E-state index >= 15 is 0 Å². The Bertz CT molecular complexity index is 236. The van der Waals surface area contributed by atoms with Crippen molar-refractivity contribution in [1.82, 2.24) is 0 Å². The van der Waals surface area contributed by atoms with Gasteiger partial charge in [-0.3, -0.25) is 4.79 Å². The van der Waals surface area contributed by atoms with Crippen LogP contribution < -0.4 is 5.73 Å². The van der Waals surface area contributed by atoms with Crippen LogP contribution in [0.2, 0.25) is 0 Å². The number of hydrogen-bond acceptors (Lipinski definition) is 4. The zero-order valence-electron chi connectivity index (χ0n) is 8.25. The zero-order chi connectivity index (χ0) is 9.53. The molecule has 0 radical (unpaired) electrons. The Kier molecular flexibility index (Phi) is 3.09. The molecule has 2 aliphatic rings. The van der Waals surface area contributed by atoms with Crippen molar-refractivity contribution in [3.63, 3.8) is 0 Å². The predicted molar refractivity (Wildman–Crippen MR) is 53.3 cm³/mol. The molecule has 0 aromatic heterocycles. The number of halogens is 1.